The van der Waals surface area contributed by atoms with Crippen molar-refractivity contribution in [1.29, 1.82) is 0 Å². The van der Waals surface area contributed by atoms with E-state index in [4.69, 9.17) is 0 Å². The first kappa shape index (κ1) is 12.9. The number of aliphatic hydroxyl groups is 1. The quantitative estimate of drug-likeness (QED) is 0.853. The molecule has 1 heterocycles. The number of likely N-dealkylation sites (tertiary alicyclic amines) is 1. The third-order valence-electron chi connectivity index (χ3n) is 3.37. The topological polar surface area (TPSA) is 52.6 Å². The number of amides is 1. The van der Waals surface area contributed by atoms with Gasteiger partial charge in [-0.2, -0.15) is 0 Å². The lowest BCUT2D eigenvalue weighted by Gasteiger charge is -2.24. The second-order valence-electron chi connectivity index (χ2n) is 4.55. The summed E-state index contributed by atoms with van der Waals surface area (Å²) >= 11 is 0. The predicted octanol–water partition coefficient (Wildman–Crippen LogP) is 1.72. The van der Waals surface area contributed by atoms with Crippen molar-refractivity contribution in [2.24, 2.45) is 0 Å². The molecule has 0 aliphatic carbocycles. The van der Waals surface area contributed by atoms with Gasteiger partial charge >= 0.3 is 0 Å². The van der Waals surface area contributed by atoms with Crippen LogP contribution in [-0.4, -0.2) is 41.7 Å². The van der Waals surface area contributed by atoms with Crippen LogP contribution in [0.25, 0.3) is 0 Å². The van der Waals surface area contributed by atoms with E-state index >= 15 is 0 Å². The first-order chi connectivity index (χ1) is 8.77. The molecule has 1 aromatic rings. The number of hydrogen-bond acceptors (Lipinski definition) is 3. The van der Waals surface area contributed by atoms with Crippen molar-refractivity contribution in [2.45, 2.75) is 25.8 Å². The lowest BCUT2D eigenvalue weighted by molar-refractivity contribution is 0.0678. The fraction of sp³-hybridized carbons (Fsp3) is 0.500. The van der Waals surface area contributed by atoms with Gasteiger partial charge in [0.15, 0.2) is 0 Å². The zero-order valence-electron chi connectivity index (χ0n) is 10.7. The average Bonchev–Trinajstić information content (AvgIpc) is 2.87. The molecular formula is C14H20N2O2. The van der Waals surface area contributed by atoms with Crippen LogP contribution < -0.4 is 5.32 Å². The summed E-state index contributed by atoms with van der Waals surface area (Å²) in [7, 11) is 0. The number of aliphatic hydroxyl groups excluding tert-OH is 1. The minimum absolute atomic E-state index is 0.0168. The molecule has 1 saturated heterocycles. The van der Waals surface area contributed by atoms with Crippen molar-refractivity contribution in [2.75, 3.05) is 25.0 Å². The molecule has 1 aliphatic rings. The third-order valence-corrected chi connectivity index (χ3v) is 3.37. The van der Waals surface area contributed by atoms with Crippen LogP contribution in [-0.2, 0) is 0 Å². The smallest absolute Gasteiger partial charge is 0.256 e. The highest BCUT2D eigenvalue weighted by atomic mass is 16.3. The number of hydrogen-bond donors (Lipinski definition) is 2. The number of nitrogens with one attached hydrogen (secondary N) is 1. The average molecular weight is 248 g/mol. The Kier molecular flexibility index (Phi) is 4.20. The molecule has 2 N–H and O–H groups in total. The second-order valence-corrected chi connectivity index (χ2v) is 4.55. The normalized spacial score (nSPS) is 19.0. The molecule has 0 spiro atoms. The largest absolute Gasteiger partial charge is 0.394 e. The van der Waals surface area contributed by atoms with E-state index in [0.29, 0.717) is 5.56 Å². The van der Waals surface area contributed by atoms with E-state index in [0.717, 1.165) is 31.6 Å². The van der Waals surface area contributed by atoms with Gasteiger partial charge < -0.3 is 15.3 Å². The van der Waals surface area contributed by atoms with Gasteiger partial charge in [0.25, 0.3) is 5.91 Å². The highest BCUT2D eigenvalue weighted by Gasteiger charge is 2.29. The molecular weight excluding hydrogens is 228 g/mol. The second kappa shape index (κ2) is 5.87. The molecule has 0 aromatic heterocycles. The summed E-state index contributed by atoms with van der Waals surface area (Å²) in [6.45, 7) is 3.58. The molecule has 4 nitrogen and oxygen atoms in total. The lowest BCUT2D eigenvalue weighted by Crippen LogP contribution is -2.37. The van der Waals surface area contributed by atoms with Crippen molar-refractivity contribution in [1.82, 2.24) is 4.90 Å². The van der Waals surface area contributed by atoms with Crippen molar-refractivity contribution >= 4 is 11.6 Å². The Morgan fingerprint density at radius 2 is 2.28 bits per heavy atom. The maximum atomic E-state index is 12.5. The van der Waals surface area contributed by atoms with Gasteiger partial charge in [0.05, 0.1) is 18.2 Å². The first-order valence-corrected chi connectivity index (χ1v) is 6.52. The lowest BCUT2D eigenvalue weighted by atomic mass is 10.1. The van der Waals surface area contributed by atoms with Crippen LogP contribution in [0.3, 0.4) is 0 Å². The van der Waals surface area contributed by atoms with Gasteiger partial charge in [-0.15, -0.1) is 0 Å². The number of carbonyl (C=O) groups excluding carboxylic acids is 1. The molecule has 0 unspecified atom stereocenters. The Labute approximate surface area is 108 Å². The Bertz CT molecular complexity index is 420. The zero-order chi connectivity index (χ0) is 13.0. The Hall–Kier alpha value is -1.55. The van der Waals surface area contributed by atoms with Crippen molar-refractivity contribution < 1.29 is 9.90 Å². The van der Waals surface area contributed by atoms with Crippen LogP contribution in [0.15, 0.2) is 24.3 Å². The van der Waals surface area contributed by atoms with Gasteiger partial charge in [0, 0.05) is 18.8 Å². The first-order valence-electron chi connectivity index (χ1n) is 6.52. The van der Waals surface area contributed by atoms with E-state index in [9.17, 15) is 9.90 Å². The summed E-state index contributed by atoms with van der Waals surface area (Å²) in [5, 5.41) is 12.5. The predicted molar refractivity (Wildman–Crippen MR) is 71.8 cm³/mol. The van der Waals surface area contributed by atoms with Crippen molar-refractivity contribution in [3.05, 3.63) is 29.8 Å². The molecule has 1 aromatic carbocycles. The molecule has 0 radical (unpaired) electrons. The van der Waals surface area contributed by atoms with E-state index in [-0.39, 0.29) is 18.6 Å². The van der Waals surface area contributed by atoms with Crippen LogP contribution in [0.5, 0.6) is 0 Å². The maximum Gasteiger partial charge on any atom is 0.256 e. The summed E-state index contributed by atoms with van der Waals surface area (Å²) in [5.41, 5.74) is 1.56. The number of para-hydroxylation sites is 1. The van der Waals surface area contributed by atoms with Crippen LogP contribution in [0.4, 0.5) is 5.69 Å². The summed E-state index contributed by atoms with van der Waals surface area (Å²) in [4.78, 5) is 14.3. The van der Waals surface area contributed by atoms with Crippen LogP contribution in [0, 0.1) is 0 Å². The van der Waals surface area contributed by atoms with E-state index in [1.165, 1.54) is 0 Å². The summed E-state index contributed by atoms with van der Waals surface area (Å²) < 4.78 is 0. The Balaban J connectivity index is 2.22. The molecule has 1 fully saturated rings. The SMILES string of the molecule is CCNc1ccccc1C(=O)N1CCC[C@H]1CO. The highest BCUT2D eigenvalue weighted by molar-refractivity contribution is 5.99. The molecule has 1 atom stereocenters. The molecule has 98 valence electrons. The maximum absolute atomic E-state index is 12.5. The molecule has 2 rings (SSSR count). The van der Waals surface area contributed by atoms with E-state index in [2.05, 4.69) is 5.32 Å². The molecule has 1 amide bonds. The van der Waals surface area contributed by atoms with E-state index < -0.39 is 0 Å². The van der Waals surface area contributed by atoms with Gasteiger partial charge in [-0.1, -0.05) is 12.1 Å². The van der Waals surface area contributed by atoms with Gasteiger partial charge in [-0.25, -0.2) is 0 Å². The molecule has 4 heteroatoms. The number of anilines is 1. The summed E-state index contributed by atoms with van der Waals surface area (Å²) in [6, 6.07) is 7.53. The number of benzene rings is 1. The molecule has 0 saturated carbocycles. The van der Waals surface area contributed by atoms with E-state index in [1.807, 2.05) is 31.2 Å². The molecule has 1 aliphatic heterocycles. The van der Waals surface area contributed by atoms with Gasteiger partial charge in [0.2, 0.25) is 0 Å². The standard InChI is InChI=1S/C14H20N2O2/c1-2-15-13-8-4-3-7-12(13)14(18)16-9-5-6-11(16)10-17/h3-4,7-8,11,15,17H,2,5-6,9-10H2,1H3/t11-/m0/s1. The highest BCUT2D eigenvalue weighted by Crippen LogP contribution is 2.23. The summed E-state index contributed by atoms with van der Waals surface area (Å²) in [6.07, 6.45) is 1.87. The summed E-state index contributed by atoms with van der Waals surface area (Å²) in [5.74, 6) is 0.0168. The van der Waals surface area contributed by atoms with Gasteiger partial charge in [0.1, 0.15) is 0 Å². The zero-order valence-corrected chi connectivity index (χ0v) is 10.7. The van der Waals surface area contributed by atoms with Gasteiger partial charge in [-0.3, -0.25) is 4.79 Å². The fourth-order valence-electron chi connectivity index (χ4n) is 2.46. The number of carbonyl (C=O) groups is 1. The van der Waals surface area contributed by atoms with Crippen LogP contribution >= 0.6 is 0 Å². The fourth-order valence-corrected chi connectivity index (χ4v) is 2.46. The van der Waals surface area contributed by atoms with Crippen molar-refractivity contribution in [3.8, 4) is 0 Å². The van der Waals surface area contributed by atoms with E-state index in [1.54, 1.807) is 4.90 Å². The monoisotopic (exact) mass is 248 g/mol. The van der Waals surface area contributed by atoms with Crippen LogP contribution in [0.2, 0.25) is 0 Å². The van der Waals surface area contributed by atoms with Crippen LogP contribution in [0.1, 0.15) is 30.1 Å². The van der Waals surface area contributed by atoms with Crippen molar-refractivity contribution in [3.63, 3.8) is 0 Å². The third kappa shape index (κ3) is 2.48. The molecule has 0 bridgehead atoms. The number of nitrogens with zero attached hydrogens (tertiary/aromatic N) is 1. The molecule has 18 heavy (non-hydrogen) atoms. The number of rotatable bonds is 4. The Morgan fingerprint density at radius 3 is 3.00 bits per heavy atom. The Morgan fingerprint density at radius 1 is 1.50 bits per heavy atom. The van der Waals surface area contributed by atoms with Gasteiger partial charge in [-0.05, 0) is 31.9 Å². The minimum Gasteiger partial charge on any atom is -0.394 e. The minimum atomic E-state index is -0.0211.